The van der Waals surface area contributed by atoms with Crippen LogP contribution in [-0.2, 0) is 16.1 Å². The maximum atomic E-state index is 14.1. The molecule has 2 aromatic heterocycles. The number of fused-ring (bicyclic) bond motifs is 1. The van der Waals surface area contributed by atoms with Gasteiger partial charge in [-0.15, -0.1) is 0 Å². The summed E-state index contributed by atoms with van der Waals surface area (Å²) in [6.45, 7) is 0.565. The highest BCUT2D eigenvalue weighted by molar-refractivity contribution is 7.09. The number of benzene rings is 2. The number of rotatable bonds is 11. The zero-order valence-corrected chi connectivity index (χ0v) is 22.2. The molecule has 2 aromatic carbocycles. The molecule has 202 valence electrons. The third-order valence-electron chi connectivity index (χ3n) is 6.04. The molecular weight excluding hydrogens is 520 g/mol. The Morgan fingerprint density at radius 3 is 2.54 bits per heavy atom. The maximum absolute atomic E-state index is 14.1. The summed E-state index contributed by atoms with van der Waals surface area (Å²) in [6, 6.07) is 15.1. The Kier molecular flexibility index (Phi) is 8.69. The van der Waals surface area contributed by atoms with Gasteiger partial charge in [-0.05, 0) is 53.0 Å². The molecule has 0 aliphatic heterocycles. The van der Waals surface area contributed by atoms with Gasteiger partial charge in [0.2, 0.25) is 5.91 Å². The van der Waals surface area contributed by atoms with Crippen LogP contribution < -0.4 is 21.5 Å². The molecule has 11 nitrogen and oxygen atoms in total. The molecule has 0 unspecified atom stereocenters. The van der Waals surface area contributed by atoms with Crippen molar-refractivity contribution in [1.29, 1.82) is 0 Å². The number of amides is 3. The summed E-state index contributed by atoms with van der Waals surface area (Å²) in [6.07, 6.45) is 1.68. The summed E-state index contributed by atoms with van der Waals surface area (Å²) >= 11 is 0.757. The number of nitrogens with zero attached hydrogens (tertiary/aromatic N) is 3. The first-order valence-electron chi connectivity index (χ1n) is 11.9. The number of hydrogen-bond acceptors (Lipinski definition) is 9. The SMILES string of the molecule is COCCNC(=O)[C@@H](c1ccc2ncccc2c1)N(Cc1ccc(OC)cc1)C(=O)c1snc(C(N)=O)c1N. The van der Waals surface area contributed by atoms with Crippen molar-refractivity contribution in [2.45, 2.75) is 12.6 Å². The number of carbonyl (C=O) groups excluding carboxylic acids is 3. The van der Waals surface area contributed by atoms with E-state index >= 15 is 0 Å². The quantitative estimate of drug-likeness (QED) is 0.241. The minimum absolute atomic E-state index is 0.00876. The Bertz CT molecular complexity index is 1490. The lowest BCUT2D eigenvalue weighted by molar-refractivity contribution is -0.126. The van der Waals surface area contributed by atoms with E-state index in [0.717, 1.165) is 28.0 Å². The highest BCUT2D eigenvalue weighted by Crippen LogP contribution is 2.31. The van der Waals surface area contributed by atoms with Gasteiger partial charge in [0, 0.05) is 31.8 Å². The maximum Gasteiger partial charge on any atom is 0.270 e. The van der Waals surface area contributed by atoms with E-state index in [2.05, 4.69) is 14.7 Å². The van der Waals surface area contributed by atoms with Gasteiger partial charge < -0.3 is 31.2 Å². The van der Waals surface area contributed by atoms with Crippen LogP contribution in [0.25, 0.3) is 10.9 Å². The molecule has 2 heterocycles. The Morgan fingerprint density at radius 1 is 1.10 bits per heavy atom. The van der Waals surface area contributed by atoms with Crippen molar-refractivity contribution in [2.75, 3.05) is 33.1 Å². The van der Waals surface area contributed by atoms with E-state index in [0.29, 0.717) is 11.3 Å². The van der Waals surface area contributed by atoms with Crippen LogP contribution >= 0.6 is 11.5 Å². The van der Waals surface area contributed by atoms with E-state index in [4.69, 9.17) is 20.9 Å². The van der Waals surface area contributed by atoms with Gasteiger partial charge in [0.1, 0.15) is 16.7 Å². The summed E-state index contributed by atoms with van der Waals surface area (Å²) < 4.78 is 14.3. The number of nitrogens with one attached hydrogen (secondary N) is 1. The minimum Gasteiger partial charge on any atom is -0.497 e. The first kappa shape index (κ1) is 27.5. The van der Waals surface area contributed by atoms with Crippen molar-refractivity contribution in [2.24, 2.45) is 5.73 Å². The van der Waals surface area contributed by atoms with E-state index in [1.165, 1.54) is 12.0 Å². The lowest BCUT2D eigenvalue weighted by atomic mass is 10.00. The van der Waals surface area contributed by atoms with Crippen LogP contribution in [0.15, 0.2) is 60.8 Å². The Labute approximate surface area is 228 Å². The highest BCUT2D eigenvalue weighted by Gasteiger charge is 2.35. The third kappa shape index (κ3) is 6.13. The van der Waals surface area contributed by atoms with Gasteiger partial charge in [0.25, 0.3) is 11.8 Å². The van der Waals surface area contributed by atoms with E-state index in [-0.39, 0.29) is 36.0 Å². The monoisotopic (exact) mass is 548 g/mol. The van der Waals surface area contributed by atoms with Crippen LogP contribution in [0.5, 0.6) is 5.75 Å². The van der Waals surface area contributed by atoms with Crippen molar-refractivity contribution in [3.05, 3.63) is 82.5 Å². The zero-order chi connectivity index (χ0) is 27.9. The topological polar surface area (TPSA) is 163 Å². The molecule has 5 N–H and O–H groups in total. The first-order chi connectivity index (χ1) is 18.8. The van der Waals surface area contributed by atoms with Crippen molar-refractivity contribution in [3.63, 3.8) is 0 Å². The number of anilines is 1. The molecule has 1 atom stereocenters. The van der Waals surface area contributed by atoms with Crippen LogP contribution in [0.3, 0.4) is 0 Å². The van der Waals surface area contributed by atoms with Crippen LogP contribution in [0.4, 0.5) is 5.69 Å². The number of ether oxygens (including phenoxy) is 2. The molecule has 12 heteroatoms. The predicted octanol–water partition coefficient (Wildman–Crippen LogP) is 2.53. The number of pyridine rings is 1. The second kappa shape index (κ2) is 12.3. The van der Waals surface area contributed by atoms with Gasteiger partial charge >= 0.3 is 0 Å². The average molecular weight is 549 g/mol. The number of hydrogen-bond donors (Lipinski definition) is 3. The molecule has 0 aliphatic rings. The van der Waals surface area contributed by atoms with Crippen LogP contribution in [0.1, 0.15) is 37.3 Å². The van der Waals surface area contributed by atoms with Gasteiger partial charge in [0.05, 0.1) is 24.9 Å². The van der Waals surface area contributed by atoms with E-state index < -0.39 is 23.8 Å². The Hall–Kier alpha value is -4.55. The van der Waals surface area contributed by atoms with Gasteiger partial charge in [-0.1, -0.05) is 24.3 Å². The number of methoxy groups -OCH3 is 2. The van der Waals surface area contributed by atoms with Crippen LogP contribution in [0, 0.1) is 0 Å². The molecule has 0 saturated carbocycles. The molecule has 0 radical (unpaired) electrons. The van der Waals surface area contributed by atoms with Crippen molar-refractivity contribution >= 4 is 45.8 Å². The second-order valence-corrected chi connectivity index (χ2v) is 9.33. The summed E-state index contributed by atoms with van der Waals surface area (Å²) in [5.41, 5.74) is 13.2. The lowest BCUT2D eigenvalue weighted by Gasteiger charge is -2.31. The molecular formula is C27H28N6O5S. The molecule has 39 heavy (non-hydrogen) atoms. The summed E-state index contributed by atoms with van der Waals surface area (Å²) in [5, 5.41) is 3.65. The highest BCUT2D eigenvalue weighted by atomic mass is 32.1. The first-order valence-corrected chi connectivity index (χ1v) is 12.7. The molecule has 0 fully saturated rings. The Balaban J connectivity index is 1.84. The zero-order valence-electron chi connectivity index (χ0n) is 21.4. The number of primary amides is 1. The number of nitrogen functional groups attached to an aromatic ring is 1. The molecule has 3 amide bonds. The van der Waals surface area contributed by atoms with Crippen LogP contribution in [-0.4, -0.2) is 59.4 Å². The van der Waals surface area contributed by atoms with Crippen molar-refractivity contribution in [3.8, 4) is 5.75 Å². The van der Waals surface area contributed by atoms with Crippen molar-refractivity contribution in [1.82, 2.24) is 19.6 Å². The minimum atomic E-state index is -1.07. The molecule has 4 rings (SSSR count). The smallest absolute Gasteiger partial charge is 0.270 e. The standard InChI is InChI=1S/C27H28N6O5S/c1-37-13-12-31-26(35)23(18-7-10-20-17(14-18)4-3-11-30-20)33(15-16-5-8-19(38-2)9-6-16)27(36)24-21(28)22(25(29)34)32-39-24/h3-11,14,23H,12-13,15,28H2,1-2H3,(H2,29,34)(H,31,35)/t23-/m1/s1. The summed E-state index contributed by atoms with van der Waals surface area (Å²) in [4.78, 5) is 45.3. The van der Waals surface area contributed by atoms with Gasteiger partial charge in [-0.25, -0.2) is 0 Å². The number of carbonyl (C=O) groups is 3. The van der Waals surface area contributed by atoms with Gasteiger partial charge in [-0.3, -0.25) is 19.4 Å². The van der Waals surface area contributed by atoms with Crippen LogP contribution in [0.2, 0.25) is 0 Å². The van der Waals surface area contributed by atoms with E-state index in [1.807, 2.05) is 12.1 Å². The third-order valence-corrected chi connectivity index (χ3v) is 6.89. The fourth-order valence-electron chi connectivity index (χ4n) is 4.08. The normalized spacial score (nSPS) is 11.6. The van der Waals surface area contributed by atoms with E-state index in [9.17, 15) is 14.4 Å². The fourth-order valence-corrected chi connectivity index (χ4v) is 4.84. The molecule has 4 aromatic rings. The predicted molar refractivity (Wildman–Crippen MR) is 147 cm³/mol. The molecule has 0 spiro atoms. The molecule has 0 saturated heterocycles. The molecule has 0 aliphatic carbocycles. The molecule has 0 bridgehead atoms. The number of aromatic nitrogens is 2. The van der Waals surface area contributed by atoms with E-state index in [1.54, 1.807) is 55.8 Å². The second-order valence-electron chi connectivity index (χ2n) is 8.56. The van der Waals surface area contributed by atoms with Crippen molar-refractivity contribution < 1.29 is 23.9 Å². The fraction of sp³-hybridized carbons (Fsp3) is 0.222. The largest absolute Gasteiger partial charge is 0.497 e. The summed E-state index contributed by atoms with van der Waals surface area (Å²) in [7, 11) is 3.09. The average Bonchev–Trinajstić information content (AvgIpc) is 3.34. The Morgan fingerprint density at radius 2 is 1.87 bits per heavy atom. The number of nitrogens with two attached hydrogens (primary N) is 2. The van der Waals surface area contributed by atoms with Gasteiger partial charge in [0.15, 0.2) is 5.69 Å². The summed E-state index contributed by atoms with van der Waals surface area (Å²) in [5.74, 6) is -1.20. The lowest BCUT2D eigenvalue weighted by Crippen LogP contribution is -2.44. The van der Waals surface area contributed by atoms with Gasteiger partial charge in [-0.2, -0.15) is 4.37 Å².